The van der Waals surface area contributed by atoms with Crippen molar-refractivity contribution in [3.63, 3.8) is 0 Å². The van der Waals surface area contributed by atoms with Gasteiger partial charge in [-0.2, -0.15) is 0 Å². The molecule has 0 bridgehead atoms. The Morgan fingerprint density at radius 3 is 2.58 bits per heavy atom. The molecule has 2 fully saturated rings. The summed E-state index contributed by atoms with van der Waals surface area (Å²) < 4.78 is 9.87. The lowest BCUT2D eigenvalue weighted by atomic mass is 9.91. The van der Waals surface area contributed by atoms with E-state index in [2.05, 4.69) is 11.9 Å². The van der Waals surface area contributed by atoms with Crippen LogP contribution in [0.4, 0.5) is 4.79 Å². The minimum atomic E-state index is -0.609. The van der Waals surface area contributed by atoms with Gasteiger partial charge < -0.3 is 14.8 Å². The van der Waals surface area contributed by atoms with Gasteiger partial charge in [-0.05, 0) is 13.1 Å². The molecule has 0 aromatic carbocycles. The predicted molar refractivity (Wildman–Crippen MR) is 41.5 cm³/mol. The third kappa shape index (κ3) is 0.992. The zero-order chi connectivity index (χ0) is 8.60. The van der Waals surface area contributed by atoms with Gasteiger partial charge in [0.25, 0.3) is 0 Å². The fourth-order valence-corrected chi connectivity index (χ4v) is 1.64. The zero-order valence-electron chi connectivity index (χ0n) is 6.76. The SMILES string of the molecule is C=C1OC(=O)OC12CCNCC2. The lowest BCUT2D eigenvalue weighted by Gasteiger charge is -2.29. The molecule has 4 heteroatoms. The van der Waals surface area contributed by atoms with Crippen LogP contribution in [0.2, 0.25) is 0 Å². The summed E-state index contributed by atoms with van der Waals surface area (Å²) >= 11 is 0. The molecule has 12 heavy (non-hydrogen) atoms. The fraction of sp³-hybridized carbons (Fsp3) is 0.625. The quantitative estimate of drug-likeness (QED) is 0.544. The van der Waals surface area contributed by atoms with Gasteiger partial charge in [0.05, 0.1) is 0 Å². The Morgan fingerprint density at radius 2 is 2.08 bits per heavy atom. The van der Waals surface area contributed by atoms with E-state index in [1.165, 1.54) is 0 Å². The number of cyclic esters (lactones) is 1. The lowest BCUT2D eigenvalue weighted by Crippen LogP contribution is -2.42. The minimum Gasteiger partial charge on any atom is -0.419 e. The van der Waals surface area contributed by atoms with Crippen molar-refractivity contribution in [2.75, 3.05) is 13.1 Å². The van der Waals surface area contributed by atoms with Gasteiger partial charge in [0.15, 0.2) is 5.60 Å². The van der Waals surface area contributed by atoms with E-state index < -0.39 is 11.8 Å². The highest BCUT2D eigenvalue weighted by Crippen LogP contribution is 2.36. The van der Waals surface area contributed by atoms with E-state index in [1.807, 2.05) is 0 Å². The molecule has 0 aliphatic carbocycles. The summed E-state index contributed by atoms with van der Waals surface area (Å²) in [4.78, 5) is 10.8. The molecule has 1 spiro atoms. The Labute approximate surface area is 70.5 Å². The average Bonchev–Trinajstić information content (AvgIpc) is 2.29. The summed E-state index contributed by atoms with van der Waals surface area (Å²) in [5.74, 6) is 0.467. The van der Waals surface area contributed by atoms with Crippen LogP contribution in [-0.4, -0.2) is 24.8 Å². The van der Waals surface area contributed by atoms with E-state index in [0.29, 0.717) is 5.76 Å². The number of ether oxygens (including phenoxy) is 2. The second kappa shape index (κ2) is 2.48. The monoisotopic (exact) mass is 169 g/mol. The van der Waals surface area contributed by atoms with Gasteiger partial charge in [0.1, 0.15) is 5.76 Å². The molecule has 0 amide bonds. The van der Waals surface area contributed by atoms with Crippen LogP contribution in [0.5, 0.6) is 0 Å². The van der Waals surface area contributed by atoms with Crippen LogP contribution in [0.3, 0.4) is 0 Å². The average molecular weight is 169 g/mol. The normalized spacial score (nSPS) is 27.0. The fourth-order valence-electron chi connectivity index (χ4n) is 1.64. The van der Waals surface area contributed by atoms with E-state index in [9.17, 15) is 4.79 Å². The summed E-state index contributed by atoms with van der Waals surface area (Å²) in [5.41, 5.74) is -0.525. The molecule has 0 atom stereocenters. The van der Waals surface area contributed by atoms with Crippen molar-refractivity contribution in [3.05, 3.63) is 12.3 Å². The van der Waals surface area contributed by atoms with Gasteiger partial charge >= 0.3 is 6.16 Å². The highest BCUT2D eigenvalue weighted by molar-refractivity contribution is 5.66. The predicted octanol–water partition coefficient (Wildman–Crippen LogP) is 0.789. The van der Waals surface area contributed by atoms with Crippen molar-refractivity contribution in [1.82, 2.24) is 5.32 Å². The Morgan fingerprint density at radius 1 is 1.42 bits per heavy atom. The number of hydrogen-bond donors (Lipinski definition) is 1. The standard InChI is InChI=1S/C8H11NO3/c1-6-8(12-7(10)11-6)2-4-9-5-3-8/h9H,1-5H2. The van der Waals surface area contributed by atoms with Crippen molar-refractivity contribution in [1.29, 1.82) is 0 Å². The summed E-state index contributed by atoms with van der Waals surface area (Å²) in [5, 5.41) is 3.18. The number of rotatable bonds is 0. The minimum absolute atomic E-state index is 0.467. The van der Waals surface area contributed by atoms with Crippen LogP contribution in [0.25, 0.3) is 0 Å². The molecule has 2 heterocycles. The van der Waals surface area contributed by atoms with E-state index in [4.69, 9.17) is 9.47 Å². The second-order valence-electron chi connectivity index (χ2n) is 3.12. The molecular weight excluding hydrogens is 158 g/mol. The Balaban J connectivity index is 2.18. The van der Waals surface area contributed by atoms with Crippen molar-refractivity contribution in [2.24, 2.45) is 0 Å². The summed E-state index contributed by atoms with van der Waals surface area (Å²) in [6.45, 7) is 5.37. The molecule has 2 saturated heterocycles. The summed E-state index contributed by atoms with van der Waals surface area (Å²) in [6.07, 6.45) is 0.914. The highest BCUT2D eigenvalue weighted by atomic mass is 16.8. The maximum atomic E-state index is 10.8. The first-order valence-electron chi connectivity index (χ1n) is 4.04. The van der Waals surface area contributed by atoms with Crippen LogP contribution in [0, 0.1) is 0 Å². The maximum Gasteiger partial charge on any atom is 0.514 e. The summed E-state index contributed by atoms with van der Waals surface area (Å²) in [7, 11) is 0. The van der Waals surface area contributed by atoms with Gasteiger partial charge in [0.2, 0.25) is 0 Å². The highest BCUT2D eigenvalue weighted by Gasteiger charge is 2.46. The van der Waals surface area contributed by atoms with Crippen LogP contribution in [-0.2, 0) is 9.47 Å². The van der Waals surface area contributed by atoms with Gasteiger partial charge in [-0.25, -0.2) is 4.79 Å². The molecule has 0 unspecified atom stereocenters. The van der Waals surface area contributed by atoms with Crippen molar-refractivity contribution in [2.45, 2.75) is 18.4 Å². The Kier molecular flexibility index (Phi) is 1.58. The van der Waals surface area contributed by atoms with Crippen LogP contribution in [0.15, 0.2) is 12.3 Å². The third-order valence-corrected chi connectivity index (χ3v) is 2.40. The number of nitrogens with one attached hydrogen (secondary N) is 1. The number of hydrogen-bond acceptors (Lipinski definition) is 4. The molecule has 0 aromatic heterocycles. The Hall–Kier alpha value is -1.03. The van der Waals surface area contributed by atoms with E-state index in [-0.39, 0.29) is 0 Å². The van der Waals surface area contributed by atoms with Crippen molar-refractivity contribution < 1.29 is 14.3 Å². The molecule has 0 radical (unpaired) electrons. The first kappa shape index (κ1) is 7.61. The molecule has 0 saturated carbocycles. The van der Waals surface area contributed by atoms with Crippen molar-refractivity contribution >= 4 is 6.16 Å². The second-order valence-corrected chi connectivity index (χ2v) is 3.12. The van der Waals surface area contributed by atoms with Crippen LogP contribution >= 0.6 is 0 Å². The Bertz CT molecular complexity index is 230. The van der Waals surface area contributed by atoms with E-state index >= 15 is 0 Å². The topological polar surface area (TPSA) is 47.6 Å². The van der Waals surface area contributed by atoms with Gasteiger partial charge in [-0.1, -0.05) is 6.58 Å². The smallest absolute Gasteiger partial charge is 0.419 e. The first-order valence-corrected chi connectivity index (χ1v) is 4.04. The number of carbonyl (C=O) groups is 1. The van der Waals surface area contributed by atoms with Gasteiger partial charge in [0, 0.05) is 12.8 Å². The number of carbonyl (C=O) groups excluding carboxylic acids is 1. The number of piperidine rings is 1. The first-order chi connectivity index (χ1) is 5.73. The van der Waals surface area contributed by atoms with Crippen molar-refractivity contribution in [3.8, 4) is 0 Å². The molecule has 1 N–H and O–H groups in total. The third-order valence-electron chi connectivity index (χ3n) is 2.40. The molecular formula is C8H11NO3. The van der Waals surface area contributed by atoms with E-state index in [0.717, 1.165) is 25.9 Å². The molecule has 4 nitrogen and oxygen atoms in total. The van der Waals surface area contributed by atoms with Gasteiger partial charge in [-0.15, -0.1) is 0 Å². The lowest BCUT2D eigenvalue weighted by molar-refractivity contribution is 0.0439. The van der Waals surface area contributed by atoms with Gasteiger partial charge in [-0.3, -0.25) is 0 Å². The molecule has 2 rings (SSSR count). The molecule has 66 valence electrons. The van der Waals surface area contributed by atoms with Crippen LogP contribution in [0.1, 0.15) is 12.8 Å². The van der Waals surface area contributed by atoms with E-state index in [1.54, 1.807) is 0 Å². The molecule has 2 aliphatic heterocycles. The molecule has 0 aromatic rings. The largest absolute Gasteiger partial charge is 0.514 e. The zero-order valence-corrected chi connectivity index (χ0v) is 6.76. The maximum absolute atomic E-state index is 10.8. The summed E-state index contributed by atoms with van der Waals surface area (Å²) in [6, 6.07) is 0. The molecule has 2 aliphatic rings. The van der Waals surface area contributed by atoms with Crippen LogP contribution < -0.4 is 5.32 Å².